The summed E-state index contributed by atoms with van der Waals surface area (Å²) in [5.74, 6) is 0.766. The Bertz CT molecular complexity index is 213. The highest BCUT2D eigenvalue weighted by molar-refractivity contribution is 5.21. The van der Waals surface area contributed by atoms with E-state index in [0.29, 0.717) is 6.61 Å². The molecule has 66 valence electrons. The summed E-state index contributed by atoms with van der Waals surface area (Å²) in [5.41, 5.74) is 5.57. The number of ether oxygens (including phenoxy) is 2. The van der Waals surface area contributed by atoms with Crippen LogP contribution in [0.4, 0.5) is 0 Å². The maximum Gasteiger partial charge on any atom is 0.171 e. The number of benzene rings is 1. The molecular weight excluding hydrogens is 154 g/mol. The van der Waals surface area contributed by atoms with E-state index < -0.39 is 6.23 Å². The molecule has 12 heavy (non-hydrogen) atoms. The van der Waals surface area contributed by atoms with E-state index >= 15 is 0 Å². The molecule has 0 aliphatic rings. The zero-order valence-electron chi connectivity index (χ0n) is 7.07. The van der Waals surface area contributed by atoms with Gasteiger partial charge in [0.05, 0.1) is 6.61 Å². The molecule has 0 aliphatic carbocycles. The summed E-state index contributed by atoms with van der Waals surface area (Å²) in [6.07, 6.45) is -0.391. The van der Waals surface area contributed by atoms with Gasteiger partial charge in [-0.1, -0.05) is 18.2 Å². The molecule has 0 aliphatic heterocycles. The highest BCUT2D eigenvalue weighted by atomic mass is 16.5. The summed E-state index contributed by atoms with van der Waals surface area (Å²) >= 11 is 0. The molecule has 0 bridgehead atoms. The highest BCUT2D eigenvalue weighted by Crippen LogP contribution is 2.08. The third-order valence-electron chi connectivity index (χ3n) is 1.36. The van der Waals surface area contributed by atoms with Crippen LogP contribution in [0.25, 0.3) is 0 Å². The quantitative estimate of drug-likeness (QED) is 0.680. The lowest BCUT2D eigenvalue weighted by atomic mass is 10.3. The molecule has 0 amide bonds. The van der Waals surface area contributed by atoms with Gasteiger partial charge in [0.1, 0.15) is 5.75 Å². The molecule has 1 rings (SSSR count). The number of para-hydroxylation sites is 1. The predicted molar refractivity (Wildman–Crippen MR) is 46.9 cm³/mol. The van der Waals surface area contributed by atoms with Crippen LogP contribution in [0.15, 0.2) is 30.3 Å². The van der Waals surface area contributed by atoms with E-state index in [2.05, 4.69) is 0 Å². The zero-order chi connectivity index (χ0) is 8.81. The average molecular weight is 167 g/mol. The lowest BCUT2D eigenvalue weighted by Gasteiger charge is -2.12. The van der Waals surface area contributed by atoms with Crippen molar-refractivity contribution < 1.29 is 9.47 Å². The van der Waals surface area contributed by atoms with Crippen molar-refractivity contribution in [2.24, 2.45) is 5.73 Å². The van der Waals surface area contributed by atoms with E-state index in [9.17, 15) is 0 Å². The third kappa shape index (κ3) is 2.90. The number of methoxy groups -OCH3 is 1. The van der Waals surface area contributed by atoms with E-state index in [1.807, 2.05) is 30.3 Å². The van der Waals surface area contributed by atoms with E-state index in [0.717, 1.165) is 5.75 Å². The van der Waals surface area contributed by atoms with Crippen molar-refractivity contribution in [1.82, 2.24) is 0 Å². The molecule has 0 saturated carbocycles. The van der Waals surface area contributed by atoms with Crippen LogP contribution in [0, 0.1) is 0 Å². The van der Waals surface area contributed by atoms with Gasteiger partial charge in [0, 0.05) is 7.11 Å². The Morgan fingerprint density at radius 3 is 2.58 bits per heavy atom. The van der Waals surface area contributed by atoms with Gasteiger partial charge >= 0.3 is 0 Å². The standard InChI is InChI=1S/C9H13NO2/c1-11-7-9(10)12-8-5-3-2-4-6-8/h2-6,9H,7,10H2,1H3. The van der Waals surface area contributed by atoms with E-state index in [1.165, 1.54) is 0 Å². The van der Waals surface area contributed by atoms with Crippen molar-refractivity contribution in [3.63, 3.8) is 0 Å². The van der Waals surface area contributed by atoms with Crippen LogP contribution in [0.1, 0.15) is 0 Å². The van der Waals surface area contributed by atoms with Gasteiger partial charge in [-0.2, -0.15) is 0 Å². The summed E-state index contributed by atoms with van der Waals surface area (Å²) in [7, 11) is 1.59. The van der Waals surface area contributed by atoms with Crippen LogP contribution < -0.4 is 10.5 Å². The fourth-order valence-electron chi connectivity index (χ4n) is 0.872. The van der Waals surface area contributed by atoms with Crippen molar-refractivity contribution in [3.8, 4) is 5.75 Å². The molecule has 0 heterocycles. The van der Waals surface area contributed by atoms with E-state index in [1.54, 1.807) is 7.11 Å². The van der Waals surface area contributed by atoms with Gasteiger partial charge in [-0.25, -0.2) is 0 Å². The number of nitrogens with two attached hydrogens (primary N) is 1. The summed E-state index contributed by atoms with van der Waals surface area (Å²) in [4.78, 5) is 0. The summed E-state index contributed by atoms with van der Waals surface area (Å²) in [6.45, 7) is 0.398. The SMILES string of the molecule is COCC(N)Oc1ccccc1. The fourth-order valence-corrected chi connectivity index (χ4v) is 0.872. The first-order chi connectivity index (χ1) is 5.83. The lowest BCUT2D eigenvalue weighted by Crippen LogP contribution is -2.31. The Morgan fingerprint density at radius 2 is 2.00 bits per heavy atom. The second kappa shape index (κ2) is 4.74. The molecule has 2 N–H and O–H groups in total. The van der Waals surface area contributed by atoms with Crippen LogP contribution >= 0.6 is 0 Å². The fraction of sp³-hybridized carbons (Fsp3) is 0.333. The van der Waals surface area contributed by atoms with Gasteiger partial charge < -0.3 is 9.47 Å². The smallest absolute Gasteiger partial charge is 0.171 e. The Kier molecular flexibility index (Phi) is 3.57. The molecule has 3 nitrogen and oxygen atoms in total. The molecule has 0 spiro atoms. The number of hydrogen-bond donors (Lipinski definition) is 1. The topological polar surface area (TPSA) is 44.5 Å². The maximum atomic E-state index is 5.57. The Balaban J connectivity index is 2.41. The van der Waals surface area contributed by atoms with E-state index in [-0.39, 0.29) is 0 Å². The van der Waals surface area contributed by atoms with Gasteiger partial charge in [-0.3, -0.25) is 5.73 Å². The van der Waals surface area contributed by atoms with Gasteiger partial charge in [0.15, 0.2) is 6.23 Å². The van der Waals surface area contributed by atoms with Crippen LogP contribution in [-0.4, -0.2) is 19.9 Å². The van der Waals surface area contributed by atoms with Crippen LogP contribution in [0.3, 0.4) is 0 Å². The lowest BCUT2D eigenvalue weighted by molar-refractivity contribution is 0.0850. The van der Waals surface area contributed by atoms with E-state index in [4.69, 9.17) is 15.2 Å². The van der Waals surface area contributed by atoms with Gasteiger partial charge in [0.2, 0.25) is 0 Å². The first kappa shape index (κ1) is 9.03. The second-order valence-electron chi connectivity index (χ2n) is 2.42. The van der Waals surface area contributed by atoms with Gasteiger partial charge in [-0.15, -0.1) is 0 Å². The van der Waals surface area contributed by atoms with Crippen molar-refractivity contribution in [2.45, 2.75) is 6.23 Å². The molecule has 1 aromatic carbocycles. The molecule has 0 radical (unpaired) electrons. The van der Waals surface area contributed by atoms with Crippen LogP contribution in [0.2, 0.25) is 0 Å². The molecule has 3 heteroatoms. The molecule has 1 aromatic rings. The number of hydrogen-bond acceptors (Lipinski definition) is 3. The van der Waals surface area contributed by atoms with Crippen molar-refractivity contribution >= 4 is 0 Å². The molecule has 0 aromatic heterocycles. The third-order valence-corrected chi connectivity index (χ3v) is 1.36. The first-order valence-electron chi connectivity index (χ1n) is 3.79. The Labute approximate surface area is 72.1 Å². The maximum absolute atomic E-state index is 5.57. The normalized spacial score (nSPS) is 12.5. The van der Waals surface area contributed by atoms with Crippen LogP contribution in [0.5, 0.6) is 5.75 Å². The minimum atomic E-state index is -0.391. The largest absolute Gasteiger partial charge is 0.473 e. The summed E-state index contributed by atoms with van der Waals surface area (Å²) < 4.78 is 10.1. The second-order valence-corrected chi connectivity index (χ2v) is 2.42. The molecular formula is C9H13NO2. The first-order valence-corrected chi connectivity index (χ1v) is 3.79. The molecule has 1 unspecified atom stereocenters. The van der Waals surface area contributed by atoms with Crippen LogP contribution in [-0.2, 0) is 4.74 Å². The molecule has 0 fully saturated rings. The monoisotopic (exact) mass is 167 g/mol. The molecule has 1 atom stereocenters. The zero-order valence-corrected chi connectivity index (χ0v) is 7.07. The Morgan fingerprint density at radius 1 is 1.33 bits per heavy atom. The summed E-state index contributed by atoms with van der Waals surface area (Å²) in [6, 6.07) is 9.43. The number of rotatable bonds is 4. The summed E-state index contributed by atoms with van der Waals surface area (Å²) in [5, 5.41) is 0. The van der Waals surface area contributed by atoms with Gasteiger partial charge in [-0.05, 0) is 12.1 Å². The van der Waals surface area contributed by atoms with Crippen molar-refractivity contribution in [3.05, 3.63) is 30.3 Å². The average Bonchev–Trinajstić information content (AvgIpc) is 2.06. The minimum absolute atomic E-state index is 0.391. The minimum Gasteiger partial charge on any atom is -0.473 e. The van der Waals surface area contributed by atoms with Gasteiger partial charge in [0.25, 0.3) is 0 Å². The highest BCUT2D eigenvalue weighted by Gasteiger charge is 2.01. The Hall–Kier alpha value is -1.06. The van der Waals surface area contributed by atoms with Crippen molar-refractivity contribution in [2.75, 3.05) is 13.7 Å². The van der Waals surface area contributed by atoms with Crippen molar-refractivity contribution in [1.29, 1.82) is 0 Å². The predicted octanol–water partition coefficient (Wildman–Crippen LogP) is 0.997. The molecule has 0 saturated heterocycles.